The van der Waals surface area contributed by atoms with Crippen molar-refractivity contribution in [2.75, 3.05) is 6.54 Å². The van der Waals surface area contributed by atoms with E-state index in [0.717, 1.165) is 12.8 Å². The molecule has 1 aliphatic heterocycles. The van der Waals surface area contributed by atoms with Crippen molar-refractivity contribution in [3.05, 3.63) is 0 Å². The molecule has 0 aromatic carbocycles. The first-order chi connectivity index (χ1) is 7.28. The van der Waals surface area contributed by atoms with Gasteiger partial charge in [0.1, 0.15) is 5.60 Å². The van der Waals surface area contributed by atoms with Crippen molar-refractivity contribution in [3.63, 3.8) is 0 Å². The highest BCUT2D eigenvalue weighted by atomic mass is 16.6. The summed E-state index contributed by atoms with van der Waals surface area (Å²) in [4.78, 5) is 23.2. The number of carbonyl (C=O) groups excluding carboxylic acids is 1. The Bertz CT molecular complexity index is 287. The number of piperidine rings is 1. The number of esters is 1. The van der Waals surface area contributed by atoms with E-state index in [1.807, 2.05) is 0 Å². The maximum Gasteiger partial charge on any atom is 0.338 e. The van der Waals surface area contributed by atoms with Crippen LogP contribution in [0.15, 0.2) is 0 Å². The first-order valence-corrected chi connectivity index (χ1v) is 5.50. The molecule has 5 nitrogen and oxygen atoms in total. The highest BCUT2D eigenvalue weighted by Gasteiger charge is 2.49. The van der Waals surface area contributed by atoms with Crippen LogP contribution < -0.4 is 5.32 Å². The summed E-state index contributed by atoms with van der Waals surface area (Å²) in [5.74, 6) is -1.84. The lowest BCUT2D eigenvalue weighted by Crippen LogP contribution is -2.61. The summed E-state index contributed by atoms with van der Waals surface area (Å²) < 4.78 is 5.16. The van der Waals surface area contributed by atoms with Crippen molar-refractivity contribution in [2.24, 2.45) is 0 Å². The standard InChI is InChI=1S/C11H19NO4/c1-10(2,3)16-9(15)11(8(13)14)6-4-5-7-12-11/h12H,4-7H2,1-3H3,(H,13,14)/t11-/m0/s1. The number of hydrogen-bond donors (Lipinski definition) is 2. The van der Waals surface area contributed by atoms with Gasteiger partial charge < -0.3 is 9.84 Å². The minimum Gasteiger partial charge on any atom is -0.479 e. The van der Waals surface area contributed by atoms with E-state index in [1.165, 1.54) is 0 Å². The summed E-state index contributed by atoms with van der Waals surface area (Å²) in [7, 11) is 0. The third kappa shape index (κ3) is 2.72. The quantitative estimate of drug-likeness (QED) is 0.544. The maximum atomic E-state index is 11.9. The van der Waals surface area contributed by atoms with Crippen LogP contribution in [0.5, 0.6) is 0 Å². The summed E-state index contributed by atoms with van der Waals surface area (Å²) in [6.45, 7) is 5.71. The smallest absolute Gasteiger partial charge is 0.338 e. The predicted octanol–water partition coefficient (Wildman–Crippen LogP) is 0.925. The van der Waals surface area contributed by atoms with Crippen LogP contribution in [0.2, 0.25) is 0 Å². The summed E-state index contributed by atoms with van der Waals surface area (Å²) in [5.41, 5.74) is -2.22. The number of nitrogens with one attached hydrogen (secondary N) is 1. The summed E-state index contributed by atoms with van der Waals surface area (Å²) >= 11 is 0. The van der Waals surface area contributed by atoms with Gasteiger partial charge >= 0.3 is 11.9 Å². The van der Waals surface area contributed by atoms with E-state index >= 15 is 0 Å². The summed E-state index contributed by atoms with van der Waals surface area (Å²) in [6.07, 6.45) is 1.90. The number of carboxylic acid groups (broad SMARTS) is 1. The third-order valence-corrected chi connectivity index (χ3v) is 2.52. The first kappa shape index (κ1) is 13.0. The number of carbonyl (C=O) groups is 2. The average molecular weight is 229 g/mol. The monoisotopic (exact) mass is 229 g/mol. The molecule has 0 amide bonds. The van der Waals surface area contributed by atoms with Gasteiger partial charge in [0.2, 0.25) is 5.54 Å². The van der Waals surface area contributed by atoms with Crippen LogP contribution in [0.3, 0.4) is 0 Å². The molecule has 0 radical (unpaired) electrons. The maximum absolute atomic E-state index is 11.9. The molecule has 16 heavy (non-hydrogen) atoms. The van der Waals surface area contributed by atoms with Crippen molar-refractivity contribution >= 4 is 11.9 Å². The lowest BCUT2D eigenvalue weighted by molar-refractivity contribution is -0.172. The minimum atomic E-state index is -1.55. The zero-order valence-corrected chi connectivity index (χ0v) is 10.0. The third-order valence-electron chi connectivity index (χ3n) is 2.52. The Morgan fingerprint density at radius 2 is 1.94 bits per heavy atom. The number of carboxylic acids is 1. The Balaban J connectivity index is 2.85. The van der Waals surface area contributed by atoms with E-state index in [9.17, 15) is 14.7 Å². The molecule has 92 valence electrons. The topological polar surface area (TPSA) is 75.6 Å². The van der Waals surface area contributed by atoms with Gasteiger partial charge in [0, 0.05) is 0 Å². The van der Waals surface area contributed by atoms with Crippen LogP contribution in [0.4, 0.5) is 0 Å². The molecular formula is C11H19NO4. The average Bonchev–Trinajstić information content (AvgIpc) is 2.16. The van der Waals surface area contributed by atoms with Gasteiger partial charge in [-0.15, -0.1) is 0 Å². The molecule has 0 bridgehead atoms. The fourth-order valence-electron chi connectivity index (χ4n) is 1.71. The van der Waals surface area contributed by atoms with E-state index in [2.05, 4.69) is 5.32 Å². The van der Waals surface area contributed by atoms with E-state index in [4.69, 9.17) is 4.74 Å². The van der Waals surface area contributed by atoms with Gasteiger partial charge in [0.05, 0.1) is 0 Å². The Kier molecular flexibility index (Phi) is 3.57. The van der Waals surface area contributed by atoms with E-state index < -0.39 is 23.1 Å². The lowest BCUT2D eigenvalue weighted by Gasteiger charge is -2.34. The summed E-state index contributed by atoms with van der Waals surface area (Å²) in [5, 5.41) is 12.0. The molecule has 0 unspecified atom stereocenters. The molecule has 1 fully saturated rings. The molecule has 0 spiro atoms. The highest BCUT2D eigenvalue weighted by molar-refractivity contribution is 6.04. The van der Waals surface area contributed by atoms with Crippen molar-refractivity contribution in [2.45, 2.75) is 51.2 Å². The molecule has 0 aromatic heterocycles. The minimum absolute atomic E-state index is 0.289. The van der Waals surface area contributed by atoms with E-state index in [1.54, 1.807) is 20.8 Å². The molecule has 1 heterocycles. The molecule has 0 saturated carbocycles. The Morgan fingerprint density at radius 1 is 1.31 bits per heavy atom. The second kappa shape index (κ2) is 4.41. The van der Waals surface area contributed by atoms with Gasteiger partial charge in [-0.25, -0.2) is 9.59 Å². The van der Waals surface area contributed by atoms with Crippen LogP contribution in [0.25, 0.3) is 0 Å². The number of hydrogen-bond acceptors (Lipinski definition) is 4. The van der Waals surface area contributed by atoms with Gasteiger partial charge in [-0.05, 0) is 46.6 Å². The zero-order chi connectivity index (χ0) is 12.4. The molecule has 5 heteroatoms. The second-order valence-corrected chi connectivity index (χ2v) is 5.10. The highest BCUT2D eigenvalue weighted by Crippen LogP contribution is 2.23. The first-order valence-electron chi connectivity index (χ1n) is 5.50. The number of aliphatic carboxylic acids is 1. The molecule has 1 aliphatic rings. The van der Waals surface area contributed by atoms with E-state index in [-0.39, 0.29) is 6.42 Å². The fourth-order valence-corrected chi connectivity index (χ4v) is 1.71. The molecule has 1 saturated heterocycles. The van der Waals surface area contributed by atoms with Gasteiger partial charge in [0.15, 0.2) is 0 Å². The van der Waals surface area contributed by atoms with Crippen molar-refractivity contribution in [1.82, 2.24) is 5.32 Å². The van der Waals surface area contributed by atoms with Crippen molar-refractivity contribution in [3.8, 4) is 0 Å². The fraction of sp³-hybridized carbons (Fsp3) is 0.818. The molecule has 0 aromatic rings. The normalized spacial score (nSPS) is 26.2. The molecule has 1 atom stereocenters. The van der Waals surface area contributed by atoms with Gasteiger partial charge in [-0.1, -0.05) is 0 Å². The van der Waals surface area contributed by atoms with Crippen LogP contribution in [-0.4, -0.2) is 34.7 Å². The van der Waals surface area contributed by atoms with Crippen LogP contribution in [0, 0.1) is 0 Å². The predicted molar refractivity (Wildman–Crippen MR) is 58.1 cm³/mol. The molecule has 0 aliphatic carbocycles. The van der Waals surface area contributed by atoms with Crippen LogP contribution in [-0.2, 0) is 14.3 Å². The zero-order valence-electron chi connectivity index (χ0n) is 10.0. The largest absolute Gasteiger partial charge is 0.479 e. The molecule has 2 N–H and O–H groups in total. The van der Waals surface area contributed by atoms with Crippen LogP contribution >= 0.6 is 0 Å². The van der Waals surface area contributed by atoms with Crippen LogP contribution in [0.1, 0.15) is 40.0 Å². The van der Waals surface area contributed by atoms with Crippen molar-refractivity contribution < 1.29 is 19.4 Å². The Morgan fingerprint density at radius 3 is 2.31 bits per heavy atom. The Labute approximate surface area is 95.2 Å². The number of ether oxygens (including phenoxy) is 1. The number of rotatable bonds is 2. The van der Waals surface area contributed by atoms with E-state index in [0.29, 0.717) is 6.54 Å². The second-order valence-electron chi connectivity index (χ2n) is 5.10. The molecular weight excluding hydrogens is 210 g/mol. The molecule has 1 rings (SSSR count). The lowest BCUT2D eigenvalue weighted by atomic mass is 9.89. The SMILES string of the molecule is CC(C)(C)OC(=O)[C@@]1(C(=O)O)CCCCN1. The van der Waals surface area contributed by atoms with Crippen molar-refractivity contribution in [1.29, 1.82) is 0 Å². The summed E-state index contributed by atoms with van der Waals surface area (Å²) in [6, 6.07) is 0. The Hall–Kier alpha value is -1.10. The van der Waals surface area contributed by atoms with Gasteiger partial charge in [-0.2, -0.15) is 0 Å². The van der Waals surface area contributed by atoms with Gasteiger partial charge in [0.25, 0.3) is 0 Å². The van der Waals surface area contributed by atoms with Gasteiger partial charge in [-0.3, -0.25) is 5.32 Å².